The number of hydrogen-bond donors (Lipinski definition) is 1. The van der Waals surface area contributed by atoms with Crippen molar-refractivity contribution in [1.29, 1.82) is 0 Å². The Kier molecular flexibility index (Phi) is 10.2. The Balaban J connectivity index is 2.33. The molecule has 0 aliphatic carbocycles. The molecule has 1 fully saturated rings. The normalized spacial score (nSPS) is 25.7. The van der Waals surface area contributed by atoms with Crippen LogP contribution in [0.3, 0.4) is 0 Å². The van der Waals surface area contributed by atoms with Gasteiger partial charge in [0.15, 0.2) is 0 Å². The van der Waals surface area contributed by atoms with E-state index in [1.807, 2.05) is 24.3 Å². The number of benzene rings is 1. The van der Waals surface area contributed by atoms with Crippen LogP contribution in [0.1, 0.15) is 5.56 Å². The van der Waals surface area contributed by atoms with Gasteiger partial charge in [0.1, 0.15) is 0 Å². The van der Waals surface area contributed by atoms with Crippen LogP contribution in [0.25, 0.3) is 0 Å². The van der Waals surface area contributed by atoms with E-state index in [2.05, 4.69) is 6.58 Å². The first kappa shape index (κ1) is 24.7. The summed E-state index contributed by atoms with van der Waals surface area (Å²) >= 11 is 0. The quantitative estimate of drug-likeness (QED) is 0.412. The molecule has 11 heteroatoms. The zero-order valence-electron chi connectivity index (χ0n) is 17.8. The summed E-state index contributed by atoms with van der Waals surface area (Å²) in [6.45, 7) is 6.56. The topological polar surface area (TPSA) is 91.3 Å². The molecule has 0 amide bonds. The Morgan fingerprint density at radius 3 is 2.30 bits per heavy atom. The van der Waals surface area contributed by atoms with Crippen molar-refractivity contribution in [2.75, 3.05) is 20.3 Å². The fourth-order valence-corrected chi connectivity index (χ4v) is 4.07. The van der Waals surface area contributed by atoms with Crippen LogP contribution in [0.4, 0.5) is 0 Å². The van der Waals surface area contributed by atoms with Crippen LogP contribution in [0.2, 0.25) is 25.3 Å². The van der Waals surface area contributed by atoms with E-state index < -0.39 is 37.5 Å². The van der Waals surface area contributed by atoms with Crippen LogP contribution < -0.4 is 4.74 Å². The molecular weight excluding hydrogens is 383 g/mol. The third-order valence-corrected chi connectivity index (χ3v) is 5.63. The van der Waals surface area contributed by atoms with Gasteiger partial charge in [-0.15, -0.1) is 0 Å². The standard InChI is InChI=1S/C19H28B4O7/c1-5-10-28-19-18(29-12-13-6-8-14(27-4)9-7-13)17(23(3)21-26)16(22(2)20-25)15(11-24)30-19/h5-9,15-19,24H,1,10-12H2,2-4H3/t15-,16-,17+,18-,19-/m1/s1. The predicted molar refractivity (Wildman–Crippen MR) is 117 cm³/mol. The van der Waals surface area contributed by atoms with Gasteiger partial charge in [-0.05, 0) is 0 Å². The molecule has 5 atom stereocenters. The van der Waals surface area contributed by atoms with Crippen molar-refractivity contribution in [2.24, 2.45) is 0 Å². The van der Waals surface area contributed by atoms with Crippen LogP contribution in [-0.4, -0.2) is 71.2 Å². The van der Waals surface area contributed by atoms with Crippen LogP contribution in [0.5, 0.6) is 5.75 Å². The molecule has 1 aromatic carbocycles. The molecule has 30 heavy (non-hydrogen) atoms. The molecule has 1 N–H and O–H groups in total. The van der Waals surface area contributed by atoms with E-state index in [4.69, 9.17) is 18.9 Å². The number of aliphatic hydroxyl groups excluding tert-OH is 1. The Hall–Kier alpha value is -1.54. The molecular formula is C19H28B4O7. The van der Waals surface area contributed by atoms with Crippen molar-refractivity contribution >= 4 is 27.3 Å². The van der Waals surface area contributed by atoms with Crippen molar-refractivity contribution in [3.63, 3.8) is 0 Å². The van der Waals surface area contributed by atoms with Gasteiger partial charge in [-0.1, -0.05) is 0 Å². The summed E-state index contributed by atoms with van der Waals surface area (Å²) in [5, 5.41) is 9.91. The summed E-state index contributed by atoms with van der Waals surface area (Å²) < 4.78 is 46.5. The molecule has 0 saturated carbocycles. The summed E-state index contributed by atoms with van der Waals surface area (Å²) in [4.78, 5) is 0. The first-order valence-electron chi connectivity index (χ1n) is 10.1. The van der Waals surface area contributed by atoms with Crippen LogP contribution in [-0.2, 0) is 30.2 Å². The second-order valence-corrected chi connectivity index (χ2v) is 7.62. The van der Waals surface area contributed by atoms with Gasteiger partial charge in [-0.25, -0.2) is 0 Å². The van der Waals surface area contributed by atoms with Gasteiger partial charge in [0.25, 0.3) is 0 Å². The Bertz CT molecular complexity index is 690. The van der Waals surface area contributed by atoms with Crippen LogP contribution in [0, 0.1) is 0 Å². The fraction of sp³-hybridized carbons (Fsp3) is 0.579. The summed E-state index contributed by atoms with van der Waals surface area (Å²) in [5.41, 5.74) is 0.917. The Morgan fingerprint density at radius 1 is 1.13 bits per heavy atom. The van der Waals surface area contributed by atoms with Gasteiger partial charge >= 0.3 is 180 Å². The molecule has 0 unspecified atom stereocenters. The molecule has 0 spiro atoms. The third kappa shape index (κ3) is 6.00. The number of methoxy groups -OCH3 is 1. The van der Waals surface area contributed by atoms with Crippen molar-refractivity contribution in [1.82, 2.24) is 0 Å². The van der Waals surface area contributed by atoms with E-state index in [0.717, 1.165) is 25.4 Å². The molecule has 1 aromatic rings. The maximum atomic E-state index is 11.7. The molecule has 0 bridgehead atoms. The molecule has 1 aliphatic heterocycles. The first-order valence-corrected chi connectivity index (χ1v) is 10.1. The predicted octanol–water partition coefficient (Wildman–Crippen LogP) is 1.58. The second-order valence-electron chi connectivity index (χ2n) is 7.62. The van der Waals surface area contributed by atoms with Crippen molar-refractivity contribution in [3.05, 3.63) is 42.5 Å². The fourth-order valence-electron chi connectivity index (χ4n) is 4.07. The molecule has 7 nitrogen and oxygen atoms in total. The van der Waals surface area contributed by atoms with Crippen molar-refractivity contribution < 1.29 is 33.5 Å². The summed E-state index contributed by atoms with van der Waals surface area (Å²) in [7, 11) is 3.28. The number of ether oxygens (including phenoxy) is 4. The summed E-state index contributed by atoms with van der Waals surface area (Å²) in [6, 6.07) is 7.46. The van der Waals surface area contributed by atoms with E-state index >= 15 is 0 Å². The average molecular weight is 412 g/mol. The molecule has 1 aliphatic rings. The Morgan fingerprint density at radius 2 is 1.77 bits per heavy atom. The van der Waals surface area contributed by atoms with E-state index in [-0.39, 0.29) is 25.6 Å². The summed E-state index contributed by atoms with van der Waals surface area (Å²) in [6.07, 6.45) is -0.465. The van der Waals surface area contributed by atoms with E-state index in [0.29, 0.717) is 0 Å². The first-order chi connectivity index (χ1) is 14.5. The average Bonchev–Trinajstić information content (AvgIpc) is 2.79. The van der Waals surface area contributed by atoms with Crippen LogP contribution >= 0.6 is 0 Å². The van der Waals surface area contributed by atoms with Gasteiger partial charge in [0.2, 0.25) is 0 Å². The van der Waals surface area contributed by atoms with Crippen LogP contribution in [0.15, 0.2) is 36.9 Å². The van der Waals surface area contributed by atoms with Crippen molar-refractivity contribution in [3.8, 4) is 5.75 Å². The zero-order valence-corrected chi connectivity index (χ0v) is 17.8. The van der Waals surface area contributed by atoms with Gasteiger partial charge in [0.05, 0.1) is 0 Å². The minimum atomic E-state index is -0.805. The van der Waals surface area contributed by atoms with Gasteiger partial charge < -0.3 is 0 Å². The monoisotopic (exact) mass is 412 g/mol. The molecule has 0 radical (unpaired) electrons. The molecule has 1 heterocycles. The zero-order chi connectivity index (χ0) is 22.1. The molecule has 2 rings (SSSR count). The number of aliphatic hydroxyl groups is 1. The van der Waals surface area contributed by atoms with Gasteiger partial charge in [-0.2, -0.15) is 0 Å². The van der Waals surface area contributed by atoms with Gasteiger partial charge in [0, 0.05) is 0 Å². The van der Waals surface area contributed by atoms with E-state index in [1.165, 1.54) is 0 Å². The third-order valence-electron chi connectivity index (χ3n) is 5.63. The van der Waals surface area contributed by atoms with Crippen molar-refractivity contribution in [2.45, 2.75) is 50.4 Å². The van der Waals surface area contributed by atoms with E-state index in [1.54, 1.807) is 26.8 Å². The summed E-state index contributed by atoms with van der Waals surface area (Å²) in [5.74, 6) is -0.0242. The van der Waals surface area contributed by atoms with Gasteiger partial charge in [-0.3, -0.25) is 0 Å². The molecule has 1 saturated heterocycles. The molecule has 0 aromatic heterocycles. The second kappa shape index (κ2) is 12.3. The molecule has 158 valence electrons. The number of rotatable bonds is 12. The number of hydrogen-bond acceptors (Lipinski definition) is 7. The Labute approximate surface area is 180 Å². The van der Waals surface area contributed by atoms with E-state index in [9.17, 15) is 14.5 Å². The minimum absolute atomic E-state index is 0.224. The SMILES string of the molecule is C=CCO[C@@H]1O[C@H](CO)[C@@H](B(C)B=O)[C@H](B(C)B=O)[C@H]1OCc1ccc(OC)cc1. The maximum absolute atomic E-state index is 11.7.